The highest BCUT2D eigenvalue weighted by atomic mass is 19.1. The van der Waals surface area contributed by atoms with Crippen molar-refractivity contribution in [1.82, 2.24) is 0 Å². The maximum atomic E-state index is 12.7. The minimum atomic E-state index is -0.329. The van der Waals surface area contributed by atoms with Crippen LogP contribution in [-0.4, -0.2) is 19.3 Å². The molecule has 1 rings (SSSR count). The molecule has 0 aliphatic heterocycles. The first-order valence-electron chi connectivity index (χ1n) is 5.33. The minimum Gasteiger partial charge on any atom is -0.398 e. The number of rotatable bonds is 6. The summed E-state index contributed by atoms with van der Waals surface area (Å²) in [5.74, 6) is -0.329. The van der Waals surface area contributed by atoms with E-state index in [1.807, 2.05) is 13.8 Å². The summed E-state index contributed by atoms with van der Waals surface area (Å²) in [7, 11) is 0. The van der Waals surface area contributed by atoms with E-state index in [1.165, 1.54) is 12.1 Å². The second-order valence-electron chi connectivity index (χ2n) is 3.82. The molecule has 0 saturated heterocycles. The van der Waals surface area contributed by atoms with Crippen molar-refractivity contribution in [3.63, 3.8) is 0 Å². The molecule has 0 heterocycles. The van der Waals surface area contributed by atoms with Gasteiger partial charge in [-0.15, -0.1) is 0 Å². The Labute approximate surface area is 95.4 Å². The summed E-state index contributed by atoms with van der Waals surface area (Å²) in [4.78, 5) is 0. The molecular formula is C12H18FNO2. The van der Waals surface area contributed by atoms with Crippen LogP contribution in [0.1, 0.15) is 19.4 Å². The lowest BCUT2D eigenvalue weighted by molar-refractivity contribution is 0.0144. The predicted molar refractivity (Wildman–Crippen MR) is 61.6 cm³/mol. The molecule has 0 saturated carbocycles. The molecule has 1 aromatic carbocycles. The molecule has 0 bridgehead atoms. The highest BCUT2D eigenvalue weighted by Crippen LogP contribution is 2.14. The first kappa shape index (κ1) is 12.9. The van der Waals surface area contributed by atoms with E-state index < -0.39 is 0 Å². The Morgan fingerprint density at radius 1 is 1.31 bits per heavy atom. The number of nitrogens with two attached hydrogens (primary N) is 1. The van der Waals surface area contributed by atoms with Crippen molar-refractivity contribution >= 4 is 5.69 Å². The summed E-state index contributed by atoms with van der Waals surface area (Å²) in [5, 5.41) is 0. The minimum absolute atomic E-state index is 0.208. The van der Waals surface area contributed by atoms with Crippen molar-refractivity contribution in [3.8, 4) is 0 Å². The summed E-state index contributed by atoms with van der Waals surface area (Å²) in [6.45, 7) is 5.39. The van der Waals surface area contributed by atoms with Gasteiger partial charge in [0.1, 0.15) is 5.82 Å². The van der Waals surface area contributed by atoms with Gasteiger partial charge in [-0.1, -0.05) is 6.07 Å². The lowest BCUT2D eigenvalue weighted by atomic mass is 10.2. The molecule has 0 aliphatic rings. The van der Waals surface area contributed by atoms with Gasteiger partial charge in [0.05, 0.1) is 25.9 Å². The second-order valence-corrected chi connectivity index (χ2v) is 3.82. The van der Waals surface area contributed by atoms with Gasteiger partial charge < -0.3 is 15.2 Å². The standard InChI is InChI=1S/C12H18FNO2/c1-9(2)16-6-5-15-8-10-3-4-11(13)7-12(10)14/h3-4,7,9H,5-6,8,14H2,1-2H3. The van der Waals surface area contributed by atoms with Crippen molar-refractivity contribution in [3.05, 3.63) is 29.6 Å². The molecule has 0 radical (unpaired) electrons. The summed E-state index contributed by atoms with van der Waals surface area (Å²) < 4.78 is 23.4. The molecule has 3 nitrogen and oxygen atoms in total. The maximum Gasteiger partial charge on any atom is 0.125 e. The van der Waals surface area contributed by atoms with E-state index in [4.69, 9.17) is 15.2 Å². The topological polar surface area (TPSA) is 44.5 Å². The fraction of sp³-hybridized carbons (Fsp3) is 0.500. The molecule has 0 fully saturated rings. The molecule has 0 unspecified atom stereocenters. The van der Waals surface area contributed by atoms with E-state index in [0.717, 1.165) is 5.56 Å². The first-order chi connectivity index (χ1) is 7.59. The van der Waals surface area contributed by atoms with Crippen LogP contribution >= 0.6 is 0 Å². The van der Waals surface area contributed by atoms with Gasteiger partial charge in [0.2, 0.25) is 0 Å². The average molecular weight is 227 g/mol. The molecule has 2 N–H and O–H groups in total. The molecule has 1 aromatic rings. The third kappa shape index (κ3) is 4.59. The monoisotopic (exact) mass is 227 g/mol. The molecule has 4 heteroatoms. The number of nitrogen functional groups attached to an aromatic ring is 1. The van der Waals surface area contributed by atoms with Crippen LogP contribution in [0.2, 0.25) is 0 Å². The summed E-state index contributed by atoms with van der Waals surface area (Å²) in [6.07, 6.45) is 0.208. The average Bonchev–Trinajstić information content (AvgIpc) is 2.20. The van der Waals surface area contributed by atoms with Gasteiger partial charge >= 0.3 is 0 Å². The normalized spacial score (nSPS) is 11.0. The maximum absolute atomic E-state index is 12.7. The van der Waals surface area contributed by atoms with Crippen LogP contribution in [0.15, 0.2) is 18.2 Å². The molecule has 0 amide bonds. The fourth-order valence-corrected chi connectivity index (χ4v) is 1.22. The first-order valence-corrected chi connectivity index (χ1v) is 5.33. The summed E-state index contributed by atoms with van der Waals surface area (Å²) >= 11 is 0. The Morgan fingerprint density at radius 2 is 2.06 bits per heavy atom. The van der Waals surface area contributed by atoms with Crippen LogP contribution in [0, 0.1) is 5.82 Å². The number of halogens is 1. The van der Waals surface area contributed by atoms with Crippen LogP contribution < -0.4 is 5.73 Å². The number of hydrogen-bond donors (Lipinski definition) is 1. The van der Waals surface area contributed by atoms with E-state index in [9.17, 15) is 4.39 Å². The van der Waals surface area contributed by atoms with Gasteiger partial charge in [0, 0.05) is 11.3 Å². The van der Waals surface area contributed by atoms with Gasteiger partial charge in [-0.2, -0.15) is 0 Å². The lowest BCUT2D eigenvalue weighted by Crippen LogP contribution is -2.10. The number of benzene rings is 1. The van der Waals surface area contributed by atoms with E-state index in [0.29, 0.717) is 25.5 Å². The number of anilines is 1. The molecule has 0 aromatic heterocycles. The Bertz CT molecular complexity index is 329. The lowest BCUT2D eigenvalue weighted by Gasteiger charge is -2.09. The van der Waals surface area contributed by atoms with E-state index in [2.05, 4.69) is 0 Å². The van der Waals surface area contributed by atoms with E-state index in [-0.39, 0.29) is 11.9 Å². The Morgan fingerprint density at radius 3 is 2.69 bits per heavy atom. The van der Waals surface area contributed by atoms with E-state index >= 15 is 0 Å². The van der Waals surface area contributed by atoms with Crippen LogP contribution in [0.4, 0.5) is 10.1 Å². The highest BCUT2D eigenvalue weighted by Gasteiger charge is 2.01. The zero-order valence-corrected chi connectivity index (χ0v) is 9.70. The Kier molecular flexibility index (Phi) is 5.22. The molecule has 90 valence electrons. The number of ether oxygens (including phenoxy) is 2. The van der Waals surface area contributed by atoms with Crippen molar-refractivity contribution < 1.29 is 13.9 Å². The predicted octanol–water partition coefficient (Wildman–Crippen LogP) is 2.35. The van der Waals surface area contributed by atoms with E-state index in [1.54, 1.807) is 6.07 Å². The van der Waals surface area contributed by atoms with Crippen molar-refractivity contribution in [2.75, 3.05) is 18.9 Å². The van der Waals surface area contributed by atoms with Crippen molar-refractivity contribution in [1.29, 1.82) is 0 Å². The summed E-state index contributed by atoms with van der Waals surface area (Å²) in [5.41, 5.74) is 6.85. The Balaban J connectivity index is 2.27. The Hall–Kier alpha value is -1.13. The van der Waals surface area contributed by atoms with Crippen LogP contribution in [0.3, 0.4) is 0 Å². The molecular weight excluding hydrogens is 209 g/mol. The second kappa shape index (κ2) is 6.45. The van der Waals surface area contributed by atoms with Gasteiger partial charge in [0.15, 0.2) is 0 Å². The van der Waals surface area contributed by atoms with Gasteiger partial charge in [-0.05, 0) is 26.0 Å². The van der Waals surface area contributed by atoms with Crippen LogP contribution in [-0.2, 0) is 16.1 Å². The van der Waals surface area contributed by atoms with Gasteiger partial charge in [0.25, 0.3) is 0 Å². The molecule has 16 heavy (non-hydrogen) atoms. The quantitative estimate of drug-likeness (QED) is 0.599. The largest absolute Gasteiger partial charge is 0.398 e. The van der Waals surface area contributed by atoms with Crippen molar-refractivity contribution in [2.24, 2.45) is 0 Å². The van der Waals surface area contributed by atoms with Crippen LogP contribution in [0.25, 0.3) is 0 Å². The molecule has 0 aliphatic carbocycles. The third-order valence-electron chi connectivity index (χ3n) is 2.04. The molecule has 0 atom stereocenters. The smallest absolute Gasteiger partial charge is 0.125 e. The highest BCUT2D eigenvalue weighted by molar-refractivity contribution is 5.46. The summed E-state index contributed by atoms with van der Waals surface area (Å²) in [6, 6.07) is 4.30. The third-order valence-corrected chi connectivity index (χ3v) is 2.04. The van der Waals surface area contributed by atoms with Gasteiger partial charge in [-0.3, -0.25) is 0 Å². The van der Waals surface area contributed by atoms with Crippen LogP contribution in [0.5, 0.6) is 0 Å². The fourth-order valence-electron chi connectivity index (χ4n) is 1.22. The van der Waals surface area contributed by atoms with Gasteiger partial charge in [-0.25, -0.2) is 4.39 Å². The van der Waals surface area contributed by atoms with Crippen molar-refractivity contribution in [2.45, 2.75) is 26.6 Å². The number of hydrogen-bond acceptors (Lipinski definition) is 3. The molecule has 0 spiro atoms. The zero-order valence-electron chi connectivity index (χ0n) is 9.70. The zero-order chi connectivity index (χ0) is 12.0. The SMILES string of the molecule is CC(C)OCCOCc1ccc(F)cc1N.